The molecular formula is C13H22ClN5. The summed E-state index contributed by atoms with van der Waals surface area (Å²) in [6, 6.07) is 0. The standard InChI is InChI=1S/C13H22ClN5/c1-12(2)6-8(7-13(3,4)19(12)5)9-16-10(14)18-11(15)17-9/h8H,6-7H2,1-5H3,(H2,15,16,17,18). The Bertz CT molecular complexity index is 448. The molecule has 0 atom stereocenters. The molecule has 1 aliphatic rings. The maximum atomic E-state index is 5.89. The summed E-state index contributed by atoms with van der Waals surface area (Å²) in [4.78, 5) is 14.8. The molecule has 2 N–H and O–H groups in total. The Morgan fingerprint density at radius 1 is 1.11 bits per heavy atom. The molecule has 5 nitrogen and oxygen atoms in total. The van der Waals surface area contributed by atoms with Crippen molar-refractivity contribution in [3.63, 3.8) is 0 Å². The van der Waals surface area contributed by atoms with Crippen LogP contribution < -0.4 is 5.73 Å². The van der Waals surface area contributed by atoms with Crippen LogP contribution in [0.15, 0.2) is 0 Å². The lowest BCUT2D eigenvalue weighted by molar-refractivity contribution is -0.0142. The number of piperidine rings is 1. The molecule has 2 heterocycles. The molecule has 1 aromatic heterocycles. The Hall–Kier alpha value is -0.940. The molecule has 1 fully saturated rings. The lowest BCUT2D eigenvalue weighted by Crippen LogP contribution is -2.58. The largest absolute Gasteiger partial charge is 0.368 e. The van der Waals surface area contributed by atoms with E-state index in [9.17, 15) is 0 Å². The molecule has 0 amide bonds. The third-order valence-electron chi connectivity index (χ3n) is 4.32. The number of nitrogens with zero attached hydrogens (tertiary/aromatic N) is 4. The Morgan fingerprint density at radius 2 is 1.63 bits per heavy atom. The second-order valence-corrected chi connectivity index (χ2v) is 6.95. The van der Waals surface area contributed by atoms with Crippen LogP contribution in [0.25, 0.3) is 0 Å². The number of nitrogen functional groups attached to an aromatic ring is 1. The lowest BCUT2D eigenvalue weighted by Gasteiger charge is -2.53. The van der Waals surface area contributed by atoms with E-state index in [-0.39, 0.29) is 28.2 Å². The molecule has 0 bridgehead atoms. The van der Waals surface area contributed by atoms with Gasteiger partial charge in [-0.25, -0.2) is 4.98 Å². The normalized spacial score (nSPS) is 23.5. The van der Waals surface area contributed by atoms with E-state index in [0.29, 0.717) is 5.82 Å². The van der Waals surface area contributed by atoms with Crippen molar-refractivity contribution in [2.45, 2.75) is 57.5 Å². The van der Waals surface area contributed by atoms with Gasteiger partial charge in [0.1, 0.15) is 5.82 Å². The first-order valence-corrected chi connectivity index (χ1v) is 6.90. The summed E-state index contributed by atoms with van der Waals surface area (Å²) in [6.45, 7) is 8.97. The van der Waals surface area contributed by atoms with E-state index in [0.717, 1.165) is 12.8 Å². The zero-order chi connectivity index (χ0) is 14.4. The highest BCUT2D eigenvalue weighted by molar-refractivity contribution is 6.28. The summed E-state index contributed by atoms with van der Waals surface area (Å²) in [5, 5.41) is 0.178. The highest BCUT2D eigenvalue weighted by atomic mass is 35.5. The van der Waals surface area contributed by atoms with Crippen molar-refractivity contribution in [1.82, 2.24) is 19.9 Å². The predicted molar refractivity (Wildman–Crippen MR) is 77.1 cm³/mol. The summed E-state index contributed by atoms with van der Waals surface area (Å²) in [6.07, 6.45) is 1.96. The minimum atomic E-state index is 0.0836. The molecule has 106 valence electrons. The van der Waals surface area contributed by atoms with Gasteiger partial charge >= 0.3 is 0 Å². The number of nitrogens with two attached hydrogens (primary N) is 1. The van der Waals surface area contributed by atoms with E-state index in [1.54, 1.807) is 0 Å². The molecular weight excluding hydrogens is 262 g/mol. The van der Waals surface area contributed by atoms with Crippen molar-refractivity contribution < 1.29 is 0 Å². The van der Waals surface area contributed by atoms with E-state index in [4.69, 9.17) is 17.3 Å². The van der Waals surface area contributed by atoms with E-state index in [2.05, 4.69) is 54.6 Å². The summed E-state index contributed by atoms with van der Waals surface area (Å²) in [7, 11) is 2.17. The fourth-order valence-electron chi connectivity index (χ4n) is 3.12. The second-order valence-electron chi connectivity index (χ2n) is 6.61. The molecule has 1 aromatic rings. The van der Waals surface area contributed by atoms with Crippen molar-refractivity contribution in [2.75, 3.05) is 12.8 Å². The summed E-state index contributed by atoms with van der Waals surface area (Å²) in [5.41, 5.74) is 5.84. The zero-order valence-electron chi connectivity index (χ0n) is 12.2. The van der Waals surface area contributed by atoms with Crippen LogP contribution in [0.1, 0.15) is 52.3 Å². The van der Waals surface area contributed by atoms with Gasteiger partial charge in [-0.2, -0.15) is 9.97 Å². The first-order chi connectivity index (χ1) is 8.62. The van der Waals surface area contributed by atoms with Gasteiger partial charge < -0.3 is 5.73 Å². The molecule has 0 radical (unpaired) electrons. The van der Waals surface area contributed by atoms with E-state index >= 15 is 0 Å². The van der Waals surface area contributed by atoms with Gasteiger partial charge in [-0.1, -0.05) is 0 Å². The van der Waals surface area contributed by atoms with Gasteiger partial charge in [-0.15, -0.1) is 0 Å². The van der Waals surface area contributed by atoms with Crippen LogP contribution in [0, 0.1) is 0 Å². The van der Waals surface area contributed by atoms with Gasteiger partial charge in [0.25, 0.3) is 0 Å². The maximum absolute atomic E-state index is 5.89. The number of halogens is 1. The van der Waals surface area contributed by atoms with Crippen LogP contribution in [0.4, 0.5) is 5.95 Å². The topological polar surface area (TPSA) is 67.9 Å². The van der Waals surface area contributed by atoms with Gasteiger partial charge in [0.15, 0.2) is 0 Å². The number of aromatic nitrogens is 3. The number of hydrogen-bond donors (Lipinski definition) is 1. The summed E-state index contributed by atoms with van der Waals surface area (Å²) < 4.78 is 0. The minimum Gasteiger partial charge on any atom is -0.368 e. The monoisotopic (exact) mass is 283 g/mol. The fraction of sp³-hybridized carbons (Fsp3) is 0.769. The molecule has 1 aliphatic heterocycles. The van der Waals surface area contributed by atoms with E-state index < -0.39 is 0 Å². The Labute approximate surface area is 119 Å². The van der Waals surface area contributed by atoms with Gasteiger partial charge in [0, 0.05) is 17.0 Å². The highest BCUT2D eigenvalue weighted by Gasteiger charge is 2.44. The van der Waals surface area contributed by atoms with E-state index in [1.165, 1.54) is 0 Å². The number of likely N-dealkylation sites (tertiary alicyclic amines) is 1. The number of rotatable bonds is 1. The van der Waals surface area contributed by atoms with Gasteiger partial charge in [-0.3, -0.25) is 4.90 Å². The fourth-order valence-corrected chi connectivity index (χ4v) is 3.29. The predicted octanol–water partition coefficient (Wildman–Crippen LogP) is 2.47. The molecule has 0 unspecified atom stereocenters. The average molecular weight is 284 g/mol. The summed E-state index contributed by atoms with van der Waals surface area (Å²) >= 11 is 5.89. The molecule has 0 saturated carbocycles. The maximum Gasteiger partial charge on any atom is 0.227 e. The molecule has 0 aliphatic carbocycles. The second kappa shape index (κ2) is 4.56. The van der Waals surface area contributed by atoms with Crippen LogP contribution >= 0.6 is 11.6 Å². The molecule has 1 saturated heterocycles. The zero-order valence-corrected chi connectivity index (χ0v) is 13.0. The van der Waals surface area contributed by atoms with Crippen LogP contribution in [0.5, 0.6) is 0 Å². The van der Waals surface area contributed by atoms with Crippen LogP contribution in [0.3, 0.4) is 0 Å². The third kappa shape index (κ3) is 2.82. The van der Waals surface area contributed by atoms with Crippen molar-refractivity contribution in [3.05, 3.63) is 11.1 Å². The van der Waals surface area contributed by atoms with Gasteiger partial charge in [0.05, 0.1) is 0 Å². The van der Waals surface area contributed by atoms with Crippen molar-refractivity contribution in [2.24, 2.45) is 0 Å². The van der Waals surface area contributed by atoms with Crippen molar-refractivity contribution >= 4 is 17.5 Å². The first-order valence-electron chi connectivity index (χ1n) is 6.53. The first kappa shape index (κ1) is 14.5. The smallest absolute Gasteiger partial charge is 0.227 e. The highest BCUT2D eigenvalue weighted by Crippen LogP contribution is 2.43. The SMILES string of the molecule is CN1C(C)(C)CC(c2nc(N)nc(Cl)n2)CC1(C)C. The van der Waals surface area contributed by atoms with Crippen molar-refractivity contribution in [3.8, 4) is 0 Å². The van der Waals surface area contributed by atoms with Crippen LogP contribution in [-0.2, 0) is 0 Å². The van der Waals surface area contributed by atoms with Gasteiger partial charge in [0.2, 0.25) is 11.2 Å². The molecule has 6 heteroatoms. The Balaban J connectivity index is 2.36. The lowest BCUT2D eigenvalue weighted by atomic mass is 9.74. The van der Waals surface area contributed by atoms with Gasteiger partial charge in [-0.05, 0) is 59.2 Å². The third-order valence-corrected chi connectivity index (χ3v) is 4.48. The Kier molecular flexibility index (Phi) is 3.47. The molecule has 0 spiro atoms. The average Bonchev–Trinajstić information content (AvgIpc) is 2.23. The molecule has 0 aromatic carbocycles. The van der Waals surface area contributed by atoms with Crippen molar-refractivity contribution in [1.29, 1.82) is 0 Å². The van der Waals surface area contributed by atoms with Crippen LogP contribution in [-0.4, -0.2) is 38.0 Å². The van der Waals surface area contributed by atoms with Crippen LogP contribution in [0.2, 0.25) is 5.28 Å². The quantitative estimate of drug-likeness (QED) is 0.857. The molecule has 2 rings (SSSR count). The summed E-state index contributed by atoms with van der Waals surface area (Å²) in [5.74, 6) is 1.17. The number of hydrogen-bond acceptors (Lipinski definition) is 5. The Morgan fingerprint density at radius 3 is 2.11 bits per heavy atom. The number of anilines is 1. The molecule has 19 heavy (non-hydrogen) atoms. The van der Waals surface area contributed by atoms with E-state index in [1.807, 2.05) is 0 Å². The minimum absolute atomic E-state index is 0.0836.